The average molecular weight is 347 g/mol. The van der Waals surface area contributed by atoms with E-state index in [0.29, 0.717) is 23.0 Å². The summed E-state index contributed by atoms with van der Waals surface area (Å²) in [6, 6.07) is 20.6. The monoisotopic (exact) mass is 347 g/mol. The highest BCUT2D eigenvalue weighted by Crippen LogP contribution is 2.31. The van der Waals surface area contributed by atoms with Crippen molar-refractivity contribution in [2.24, 2.45) is 0 Å². The Bertz CT molecular complexity index is 898. The van der Waals surface area contributed by atoms with Crippen molar-refractivity contribution in [1.82, 2.24) is 4.98 Å². The van der Waals surface area contributed by atoms with Gasteiger partial charge in [-0.15, -0.1) is 0 Å². The van der Waals surface area contributed by atoms with E-state index in [2.05, 4.69) is 15.6 Å². The minimum absolute atomic E-state index is 0.171. The Labute approximate surface area is 150 Å². The third-order valence-electron chi connectivity index (χ3n) is 3.88. The minimum atomic E-state index is -0.702. The van der Waals surface area contributed by atoms with Gasteiger partial charge >= 0.3 is 0 Å². The first-order chi connectivity index (χ1) is 12.8. The lowest BCUT2D eigenvalue weighted by Gasteiger charge is -2.25. The number of fused-ring (bicyclic) bond motifs is 1. The third-order valence-corrected chi connectivity index (χ3v) is 3.88. The van der Waals surface area contributed by atoms with Crippen molar-refractivity contribution in [1.29, 1.82) is 0 Å². The van der Waals surface area contributed by atoms with E-state index in [1.165, 1.54) is 0 Å². The van der Waals surface area contributed by atoms with Crippen LogP contribution < -0.4 is 20.1 Å². The van der Waals surface area contributed by atoms with Crippen molar-refractivity contribution in [3.8, 4) is 11.5 Å². The lowest BCUT2D eigenvalue weighted by atomic mass is 10.2. The van der Waals surface area contributed by atoms with E-state index in [-0.39, 0.29) is 12.5 Å². The molecule has 130 valence electrons. The Morgan fingerprint density at radius 2 is 1.69 bits per heavy atom. The number of aromatic nitrogens is 1. The molecule has 6 nitrogen and oxygen atoms in total. The van der Waals surface area contributed by atoms with E-state index in [9.17, 15) is 4.79 Å². The molecule has 0 saturated heterocycles. The molecule has 0 radical (unpaired) electrons. The molecule has 0 saturated carbocycles. The number of nitrogens with one attached hydrogen (secondary N) is 2. The highest BCUT2D eigenvalue weighted by atomic mass is 16.6. The maximum absolute atomic E-state index is 12.4. The van der Waals surface area contributed by atoms with Gasteiger partial charge in [-0.1, -0.05) is 30.3 Å². The lowest BCUT2D eigenvalue weighted by molar-refractivity contribution is -0.125. The van der Waals surface area contributed by atoms with Crippen LogP contribution in [0.15, 0.2) is 72.9 Å². The molecule has 26 heavy (non-hydrogen) atoms. The summed E-state index contributed by atoms with van der Waals surface area (Å²) in [6.45, 7) is 0.171. The number of para-hydroxylation sites is 3. The van der Waals surface area contributed by atoms with Gasteiger partial charge in [0, 0.05) is 5.69 Å². The molecule has 3 aromatic rings. The summed E-state index contributed by atoms with van der Waals surface area (Å²) in [5, 5.41) is 5.99. The van der Waals surface area contributed by atoms with Crippen LogP contribution in [0.2, 0.25) is 0 Å². The first-order valence-corrected chi connectivity index (χ1v) is 8.25. The summed E-state index contributed by atoms with van der Waals surface area (Å²) >= 11 is 0. The summed E-state index contributed by atoms with van der Waals surface area (Å²) in [6.07, 6.45) is 0.896. The zero-order valence-corrected chi connectivity index (χ0v) is 13.9. The molecular weight excluding hydrogens is 330 g/mol. The Hall–Kier alpha value is -3.54. The van der Waals surface area contributed by atoms with Crippen molar-refractivity contribution in [3.05, 3.63) is 72.9 Å². The van der Waals surface area contributed by atoms with Crippen LogP contribution in [0.25, 0.3) is 0 Å². The average Bonchev–Trinajstić information content (AvgIpc) is 2.70. The van der Waals surface area contributed by atoms with Crippen LogP contribution in [0.5, 0.6) is 11.5 Å². The number of amides is 1. The van der Waals surface area contributed by atoms with E-state index in [1.807, 2.05) is 48.5 Å². The lowest BCUT2D eigenvalue weighted by Crippen LogP contribution is -2.40. The Kier molecular flexibility index (Phi) is 4.38. The molecule has 1 amide bonds. The van der Waals surface area contributed by atoms with E-state index < -0.39 is 6.10 Å². The van der Waals surface area contributed by atoms with Gasteiger partial charge in [0.05, 0.1) is 11.9 Å². The molecule has 1 atom stereocenters. The fraction of sp³-hybridized carbons (Fsp3) is 0.100. The van der Waals surface area contributed by atoms with E-state index in [1.54, 1.807) is 24.4 Å². The van der Waals surface area contributed by atoms with E-state index in [0.717, 1.165) is 5.69 Å². The number of ether oxygens (including phenoxy) is 2. The number of hydrogen-bond acceptors (Lipinski definition) is 5. The van der Waals surface area contributed by atoms with Crippen molar-refractivity contribution in [3.63, 3.8) is 0 Å². The quantitative estimate of drug-likeness (QED) is 0.754. The highest BCUT2D eigenvalue weighted by Gasteiger charge is 2.27. The number of pyridine rings is 1. The van der Waals surface area contributed by atoms with E-state index in [4.69, 9.17) is 9.47 Å². The number of rotatable bonds is 4. The maximum atomic E-state index is 12.4. The molecular formula is C20H17N3O3. The molecule has 1 aliphatic rings. The second-order valence-electron chi connectivity index (χ2n) is 5.78. The van der Waals surface area contributed by atoms with Crippen LogP contribution in [-0.2, 0) is 4.79 Å². The predicted octanol–water partition coefficient (Wildman–Crippen LogP) is 3.60. The normalized spacial score (nSPS) is 15.2. The van der Waals surface area contributed by atoms with Gasteiger partial charge in [0.2, 0.25) is 6.10 Å². The second-order valence-corrected chi connectivity index (χ2v) is 5.78. The summed E-state index contributed by atoms with van der Waals surface area (Å²) in [5.41, 5.74) is 1.54. The van der Waals surface area contributed by atoms with Gasteiger partial charge in [0.1, 0.15) is 12.4 Å². The summed E-state index contributed by atoms with van der Waals surface area (Å²) in [4.78, 5) is 16.7. The molecule has 0 aliphatic carbocycles. The van der Waals surface area contributed by atoms with Crippen LogP contribution in [0, 0.1) is 0 Å². The molecule has 0 spiro atoms. The smallest absolute Gasteiger partial charge is 0.269 e. The van der Waals surface area contributed by atoms with Crippen molar-refractivity contribution in [2.45, 2.75) is 6.10 Å². The molecule has 0 fully saturated rings. The highest BCUT2D eigenvalue weighted by molar-refractivity contribution is 5.94. The zero-order chi connectivity index (χ0) is 17.8. The van der Waals surface area contributed by atoms with Gasteiger partial charge in [-0.2, -0.15) is 0 Å². The fourth-order valence-electron chi connectivity index (χ4n) is 2.58. The van der Waals surface area contributed by atoms with Crippen LogP contribution in [-0.4, -0.2) is 23.6 Å². The van der Waals surface area contributed by atoms with Gasteiger partial charge in [-0.05, 0) is 36.4 Å². The van der Waals surface area contributed by atoms with Crippen LogP contribution in [0.1, 0.15) is 0 Å². The van der Waals surface area contributed by atoms with Gasteiger partial charge < -0.3 is 20.1 Å². The number of benzene rings is 2. The molecule has 1 aliphatic heterocycles. The molecule has 2 heterocycles. The molecule has 0 unspecified atom stereocenters. The number of hydrogen-bond donors (Lipinski definition) is 2. The van der Waals surface area contributed by atoms with Crippen LogP contribution in [0.3, 0.4) is 0 Å². The second kappa shape index (κ2) is 7.14. The zero-order valence-electron chi connectivity index (χ0n) is 13.9. The van der Waals surface area contributed by atoms with Crippen LogP contribution in [0.4, 0.5) is 17.2 Å². The number of anilines is 3. The largest absolute Gasteiger partial charge is 0.485 e. The topological polar surface area (TPSA) is 72.5 Å². The molecule has 0 bridgehead atoms. The van der Waals surface area contributed by atoms with Crippen molar-refractivity contribution >= 4 is 23.1 Å². The summed E-state index contributed by atoms with van der Waals surface area (Å²) < 4.78 is 11.3. The summed E-state index contributed by atoms with van der Waals surface area (Å²) in [7, 11) is 0. The fourth-order valence-corrected chi connectivity index (χ4v) is 2.58. The first-order valence-electron chi connectivity index (χ1n) is 8.25. The molecule has 4 rings (SSSR count). The molecule has 2 N–H and O–H groups in total. The van der Waals surface area contributed by atoms with Gasteiger partial charge in [-0.3, -0.25) is 4.79 Å². The maximum Gasteiger partial charge on any atom is 0.269 e. The van der Waals surface area contributed by atoms with Crippen LogP contribution >= 0.6 is 0 Å². The van der Waals surface area contributed by atoms with Gasteiger partial charge in [0.15, 0.2) is 11.5 Å². The number of carbonyl (C=O) groups is 1. The number of nitrogens with zero attached hydrogens (tertiary/aromatic N) is 1. The van der Waals surface area contributed by atoms with Gasteiger partial charge in [0.25, 0.3) is 5.91 Å². The molecule has 1 aromatic heterocycles. The predicted molar refractivity (Wildman–Crippen MR) is 98.9 cm³/mol. The first kappa shape index (κ1) is 16.0. The Balaban J connectivity index is 1.37. The van der Waals surface area contributed by atoms with Gasteiger partial charge in [-0.25, -0.2) is 4.98 Å². The minimum Gasteiger partial charge on any atom is -0.485 e. The molecule has 2 aromatic carbocycles. The Morgan fingerprint density at radius 3 is 2.46 bits per heavy atom. The SMILES string of the molecule is O=C(Nc1ccc(Nc2ccccc2)nc1)[C@H]1COc2ccccc2O1. The molecule has 6 heteroatoms. The van der Waals surface area contributed by atoms with Crippen molar-refractivity contribution in [2.75, 3.05) is 17.2 Å². The standard InChI is InChI=1S/C20H17N3O3/c24-20(18-13-25-16-8-4-5-9-17(16)26-18)23-15-10-11-19(21-12-15)22-14-6-2-1-3-7-14/h1-12,18H,13H2,(H,21,22)(H,23,24)/t18-/m1/s1. The van der Waals surface area contributed by atoms with E-state index >= 15 is 0 Å². The van der Waals surface area contributed by atoms with Crippen molar-refractivity contribution < 1.29 is 14.3 Å². The summed E-state index contributed by atoms with van der Waals surface area (Å²) in [5.74, 6) is 1.64. The Morgan fingerprint density at radius 1 is 0.923 bits per heavy atom. The number of carbonyl (C=O) groups excluding carboxylic acids is 1. The third kappa shape index (κ3) is 3.59.